The summed E-state index contributed by atoms with van der Waals surface area (Å²) in [5.74, 6) is -1.69. The first-order valence-corrected chi connectivity index (χ1v) is 7.49. The van der Waals surface area contributed by atoms with Crippen molar-refractivity contribution in [2.75, 3.05) is 6.61 Å². The molecule has 0 radical (unpaired) electrons. The molecule has 2 aromatic rings. The lowest BCUT2D eigenvalue weighted by Crippen LogP contribution is -2.31. The quantitative estimate of drug-likeness (QED) is 0.820. The molecule has 0 fully saturated rings. The summed E-state index contributed by atoms with van der Waals surface area (Å²) in [4.78, 5) is 5.37. The summed E-state index contributed by atoms with van der Waals surface area (Å²) < 4.78 is 46.3. The zero-order valence-corrected chi connectivity index (χ0v) is 13.1. The molecule has 0 aliphatic carbocycles. The topological polar surface area (TPSA) is 30.8 Å². The molecule has 3 nitrogen and oxygen atoms in total. The molecule has 0 saturated carbocycles. The van der Waals surface area contributed by atoms with Crippen molar-refractivity contribution in [1.82, 2.24) is 0 Å². The standard InChI is InChI=1S/C18H16F3NO2/c1-18(11-23-10-13-15(20)7-4-8-16(13)21)9-17(22-24-18)12-5-2-3-6-14(12)19/h2-8H,9-11H2,1H3. The van der Waals surface area contributed by atoms with Crippen LogP contribution in [0.4, 0.5) is 13.2 Å². The molecule has 2 aromatic carbocycles. The Kier molecular flexibility index (Phi) is 4.57. The number of hydrogen-bond acceptors (Lipinski definition) is 3. The predicted molar refractivity (Wildman–Crippen MR) is 83.1 cm³/mol. The minimum Gasteiger partial charge on any atom is -0.386 e. The van der Waals surface area contributed by atoms with Crippen LogP contribution in [-0.4, -0.2) is 17.9 Å². The van der Waals surface area contributed by atoms with Crippen molar-refractivity contribution in [3.8, 4) is 0 Å². The van der Waals surface area contributed by atoms with E-state index in [1.165, 1.54) is 24.3 Å². The van der Waals surface area contributed by atoms with E-state index in [1.54, 1.807) is 25.1 Å². The van der Waals surface area contributed by atoms with Crippen molar-refractivity contribution in [1.29, 1.82) is 0 Å². The summed E-state index contributed by atoms with van der Waals surface area (Å²) in [6.07, 6.45) is 0.341. The Morgan fingerprint density at radius 2 is 1.71 bits per heavy atom. The van der Waals surface area contributed by atoms with Crippen LogP contribution in [0.2, 0.25) is 0 Å². The molecular formula is C18H16F3NO2. The molecule has 1 unspecified atom stereocenters. The second-order valence-electron chi connectivity index (χ2n) is 5.93. The van der Waals surface area contributed by atoms with Crippen molar-refractivity contribution in [3.63, 3.8) is 0 Å². The van der Waals surface area contributed by atoms with Gasteiger partial charge < -0.3 is 9.57 Å². The van der Waals surface area contributed by atoms with E-state index < -0.39 is 17.2 Å². The minimum atomic E-state index is -0.806. The van der Waals surface area contributed by atoms with E-state index in [0.29, 0.717) is 17.7 Å². The Labute approximate surface area is 137 Å². The van der Waals surface area contributed by atoms with Crippen LogP contribution in [0.15, 0.2) is 47.6 Å². The molecule has 0 amide bonds. The van der Waals surface area contributed by atoms with Crippen LogP contribution >= 0.6 is 0 Å². The Bertz CT molecular complexity index is 758. The average molecular weight is 335 g/mol. The van der Waals surface area contributed by atoms with Crippen molar-refractivity contribution in [3.05, 3.63) is 71.0 Å². The van der Waals surface area contributed by atoms with Crippen LogP contribution in [0, 0.1) is 17.5 Å². The summed E-state index contributed by atoms with van der Waals surface area (Å²) in [5.41, 5.74) is -0.0775. The van der Waals surface area contributed by atoms with Crippen molar-refractivity contribution in [2.24, 2.45) is 5.16 Å². The van der Waals surface area contributed by atoms with Gasteiger partial charge in [-0.05, 0) is 25.1 Å². The van der Waals surface area contributed by atoms with E-state index in [4.69, 9.17) is 9.57 Å². The molecule has 0 saturated heterocycles. The highest BCUT2D eigenvalue weighted by molar-refractivity contribution is 6.01. The summed E-state index contributed by atoms with van der Waals surface area (Å²) in [6, 6.07) is 9.94. The molecule has 126 valence electrons. The highest BCUT2D eigenvalue weighted by Gasteiger charge is 2.36. The number of benzene rings is 2. The van der Waals surface area contributed by atoms with Gasteiger partial charge in [-0.1, -0.05) is 29.4 Å². The molecule has 0 aromatic heterocycles. The number of oxime groups is 1. The Balaban J connectivity index is 1.60. The molecule has 0 bridgehead atoms. The van der Waals surface area contributed by atoms with E-state index >= 15 is 0 Å². The Morgan fingerprint density at radius 3 is 2.42 bits per heavy atom. The Hall–Kier alpha value is -2.34. The van der Waals surface area contributed by atoms with Crippen molar-refractivity contribution < 1.29 is 22.7 Å². The summed E-state index contributed by atoms with van der Waals surface area (Å²) >= 11 is 0. The fourth-order valence-corrected chi connectivity index (χ4v) is 2.54. The van der Waals surface area contributed by atoms with Gasteiger partial charge >= 0.3 is 0 Å². The van der Waals surface area contributed by atoms with Gasteiger partial charge in [-0.15, -0.1) is 0 Å². The highest BCUT2D eigenvalue weighted by Crippen LogP contribution is 2.28. The Morgan fingerprint density at radius 1 is 1.04 bits per heavy atom. The second kappa shape index (κ2) is 6.65. The third kappa shape index (κ3) is 3.43. The van der Waals surface area contributed by atoms with Gasteiger partial charge in [0.25, 0.3) is 0 Å². The van der Waals surface area contributed by atoms with Gasteiger partial charge in [0.05, 0.1) is 18.9 Å². The molecular weight excluding hydrogens is 319 g/mol. The van der Waals surface area contributed by atoms with Crippen molar-refractivity contribution in [2.45, 2.75) is 25.6 Å². The normalized spacial score (nSPS) is 19.9. The second-order valence-corrected chi connectivity index (χ2v) is 5.93. The number of hydrogen-bond donors (Lipinski definition) is 0. The van der Waals surface area contributed by atoms with E-state index in [1.807, 2.05) is 0 Å². The lowest BCUT2D eigenvalue weighted by molar-refractivity contribution is -0.0716. The van der Waals surface area contributed by atoms with Crippen LogP contribution in [-0.2, 0) is 16.2 Å². The number of nitrogens with zero attached hydrogens (tertiary/aromatic N) is 1. The zero-order chi connectivity index (χ0) is 17.2. The monoisotopic (exact) mass is 335 g/mol. The molecule has 1 heterocycles. The first-order valence-electron chi connectivity index (χ1n) is 7.49. The van der Waals surface area contributed by atoms with Crippen LogP contribution in [0.25, 0.3) is 0 Å². The number of rotatable bonds is 5. The van der Waals surface area contributed by atoms with Gasteiger partial charge in [-0.3, -0.25) is 0 Å². The molecule has 3 rings (SSSR count). The lowest BCUT2D eigenvalue weighted by atomic mass is 9.96. The summed E-state index contributed by atoms with van der Waals surface area (Å²) in [7, 11) is 0. The van der Waals surface area contributed by atoms with E-state index in [2.05, 4.69) is 5.16 Å². The average Bonchev–Trinajstić information content (AvgIpc) is 2.93. The number of ether oxygens (including phenoxy) is 1. The lowest BCUT2D eigenvalue weighted by Gasteiger charge is -2.21. The molecule has 1 aliphatic heterocycles. The van der Waals surface area contributed by atoms with E-state index in [-0.39, 0.29) is 24.6 Å². The van der Waals surface area contributed by atoms with Crippen LogP contribution in [0.1, 0.15) is 24.5 Å². The molecule has 6 heteroatoms. The largest absolute Gasteiger partial charge is 0.386 e. The van der Waals surface area contributed by atoms with Crippen LogP contribution < -0.4 is 0 Å². The van der Waals surface area contributed by atoms with Gasteiger partial charge in [0, 0.05) is 17.5 Å². The van der Waals surface area contributed by atoms with Crippen LogP contribution in [0.3, 0.4) is 0 Å². The summed E-state index contributed by atoms with van der Waals surface area (Å²) in [6.45, 7) is 1.61. The van der Waals surface area contributed by atoms with Crippen LogP contribution in [0.5, 0.6) is 0 Å². The van der Waals surface area contributed by atoms with E-state index in [0.717, 1.165) is 0 Å². The minimum absolute atomic E-state index is 0.0717. The maximum Gasteiger partial charge on any atom is 0.163 e. The van der Waals surface area contributed by atoms with Gasteiger partial charge in [0.1, 0.15) is 17.5 Å². The van der Waals surface area contributed by atoms with Gasteiger partial charge in [0.2, 0.25) is 0 Å². The molecule has 1 aliphatic rings. The maximum atomic E-state index is 13.8. The SMILES string of the molecule is CC1(COCc2c(F)cccc2F)CC(c2ccccc2F)=NO1. The first-order chi connectivity index (χ1) is 11.5. The van der Waals surface area contributed by atoms with Gasteiger partial charge in [-0.25, -0.2) is 13.2 Å². The first kappa shape index (κ1) is 16.5. The smallest absolute Gasteiger partial charge is 0.163 e. The number of halogens is 3. The molecule has 1 atom stereocenters. The zero-order valence-electron chi connectivity index (χ0n) is 13.1. The summed E-state index contributed by atoms with van der Waals surface area (Å²) in [5, 5.41) is 3.93. The fraction of sp³-hybridized carbons (Fsp3) is 0.278. The third-order valence-electron chi connectivity index (χ3n) is 3.82. The maximum absolute atomic E-state index is 13.8. The molecule has 24 heavy (non-hydrogen) atoms. The fourth-order valence-electron chi connectivity index (χ4n) is 2.54. The molecule has 0 N–H and O–H groups in total. The van der Waals surface area contributed by atoms with Gasteiger partial charge in [0.15, 0.2) is 5.60 Å². The van der Waals surface area contributed by atoms with Gasteiger partial charge in [-0.2, -0.15) is 0 Å². The third-order valence-corrected chi connectivity index (χ3v) is 3.82. The predicted octanol–water partition coefficient (Wildman–Crippen LogP) is 4.20. The highest BCUT2D eigenvalue weighted by atomic mass is 19.1. The van der Waals surface area contributed by atoms with E-state index in [9.17, 15) is 13.2 Å². The van der Waals surface area contributed by atoms with Crippen molar-refractivity contribution >= 4 is 5.71 Å². The molecule has 0 spiro atoms.